The molecule has 0 aliphatic carbocycles. The van der Waals surface area contributed by atoms with Gasteiger partial charge in [-0.3, -0.25) is 4.99 Å². The maximum absolute atomic E-state index is 5.54. The van der Waals surface area contributed by atoms with Crippen molar-refractivity contribution in [2.75, 3.05) is 0 Å². The second-order valence-electron chi connectivity index (χ2n) is 2.36. The number of hydrogen-bond donors (Lipinski definition) is 2. The second kappa shape index (κ2) is 3.45. The predicted octanol–water partition coefficient (Wildman–Crippen LogP) is 2.24. The van der Waals surface area contributed by atoms with Crippen molar-refractivity contribution in [1.82, 2.24) is 0 Å². The summed E-state index contributed by atoms with van der Waals surface area (Å²) in [5.74, 6) is 0. The highest BCUT2D eigenvalue weighted by atomic mass is 32.1. The second-order valence-corrected chi connectivity index (χ2v) is 2.84. The predicted molar refractivity (Wildman–Crippen MR) is 56.1 cm³/mol. The molecule has 2 nitrogen and oxygen atoms in total. The van der Waals surface area contributed by atoms with Gasteiger partial charge in [0.25, 0.3) is 0 Å². The Bertz CT molecular complexity index is 331. The fraction of sp³-hybridized carbons (Fsp3) is 0. The van der Waals surface area contributed by atoms with Gasteiger partial charge >= 0.3 is 0 Å². The maximum Gasteiger partial charge on any atom is 0.0848 e. The lowest BCUT2D eigenvalue weighted by Crippen LogP contribution is -1.94. The van der Waals surface area contributed by atoms with Crippen molar-refractivity contribution in [1.29, 1.82) is 0 Å². The van der Waals surface area contributed by atoms with Crippen molar-refractivity contribution in [3.8, 4) is 0 Å². The van der Waals surface area contributed by atoms with E-state index in [1.165, 1.54) is 0 Å². The summed E-state index contributed by atoms with van der Waals surface area (Å²) in [4.78, 5) is 4.58. The molecule has 0 spiro atoms. The molecule has 0 unspecified atom stereocenters. The molecular formula is C9H10N2S. The minimum absolute atomic E-state index is 0.480. The Morgan fingerprint density at radius 2 is 2.17 bits per heavy atom. The van der Waals surface area contributed by atoms with Crippen molar-refractivity contribution in [2.45, 2.75) is 4.90 Å². The highest BCUT2D eigenvalue weighted by Crippen LogP contribution is 2.29. The van der Waals surface area contributed by atoms with Crippen molar-refractivity contribution in [3.05, 3.63) is 30.3 Å². The third kappa shape index (κ3) is 1.51. The minimum Gasteiger partial charge on any atom is -0.399 e. The lowest BCUT2D eigenvalue weighted by molar-refractivity contribution is 1.36. The smallest absolute Gasteiger partial charge is 0.0848 e. The van der Waals surface area contributed by atoms with E-state index in [-0.39, 0.29) is 0 Å². The maximum atomic E-state index is 5.54. The van der Waals surface area contributed by atoms with Gasteiger partial charge in [0.2, 0.25) is 0 Å². The molecule has 0 aromatic heterocycles. The van der Waals surface area contributed by atoms with Crippen molar-refractivity contribution in [2.24, 2.45) is 10.7 Å². The van der Waals surface area contributed by atoms with Crippen LogP contribution < -0.4 is 5.73 Å². The molecule has 1 aromatic rings. The van der Waals surface area contributed by atoms with Crippen LogP contribution in [0.1, 0.15) is 5.56 Å². The summed E-state index contributed by atoms with van der Waals surface area (Å²) in [5.41, 5.74) is 7.50. The van der Waals surface area contributed by atoms with Gasteiger partial charge in [-0.15, -0.1) is 12.6 Å². The first-order valence-corrected chi connectivity index (χ1v) is 3.85. The van der Waals surface area contributed by atoms with Crippen LogP contribution in [0.4, 0.5) is 5.69 Å². The standard InChI is InChI=1S/C9H10N2S/c1-6(10)7-4-3-5-8(12)9(7)11-2/h3-5,12H,1-2,10H2. The monoisotopic (exact) mass is 178 g/mol. The molecule has 0 saturated carbocycles. The zero-order chi connectivity index (χ0) is 9.14. The molecule has 0 bridgehead atoms. The normalized spacial score (nSPS) is 9.42. The average Bonchev–Trinajstić information content (AvgIpc) is 2.03. The molecule has 0 atom stereocenters. The van der Waals surface area contributed by atoms with Crippen LogP contribution in [0, 0.1) is 0 Å². The van der Waals surface area contributed by atoms with E-state index in [0.717, 1.165) is 10.5 Å². The van der Waals surface area contributed by atoms with Crippen molar-refractivity contribution in [3.63, 3.8) is 0 Å². The Labute approximate surface area is 77.2 Å². The van der Waals surface area contributed by atoms with E-state index >= 15 is 0 Å². The zero-order valence-electron chi connectivity index (χ0n) is 6.62. The molecule has 3 heteroatoms. The van der Waals surface area contributed by atoms with E-state index < -0.39 is 0 Å². The summed E-state index contributed by atoms with van der Waals surface area (Å²) >= 11 is 4.21. The van der Waals surface area contributed by atoms with Gasteiger partial charge in [-0.1, -0.05) is 18.7 Å². The number of benzene rings is 1. The van der Waals surface area contributed by atoms with Gasteiger partial charge in [-0.2, -0.15) is 0 Å². The van der Waals surface area contributed by atoms with Gasteiger partial charge in [0, 0.05) is 16.2 Å². The first-order valence-electron chi connectivity index (χ1n) is 3.40. The van der Waals surface area contributed by atoms with Crippen LogP contribution in [0.15, 0.2) is 34.7 Å². The molecule has 0 fully saturated rings. The van der Waals surface area contributed by atoms with Crippen LogP contribution in [-0.4, -0.2) is 6.72 Å². The number of hydrogen-bond acceptors (Lipinski definition) is 3. The number of aliphatic imine (C=N–C) groups is 1. The number of rotatable bonds is 2. The summed E-state index contributed by atoms with van der Waals surface area (Å²) in [6, 6.07) is 5.52. The lowest BCUT2D eigenvalue weighted by Gasteiger charge is -2.05. The Morgan fingerprint density at radius 1 is 1.50 bits per heavy atom. The van der Waals surface area contributed by atoms with Crippen LogP contribution in [0.25, 0.3) is 5.70 Å². The van der Waals surface area contributed by atoms with Gasteiger partial charge < -0.3 is 5.73 Å². The summed E-state index contributed by atoms with van der Waals surface area (Å²) in [6.45, 7) is 7.07. The van der Waals surface area contributed by atoms with Crippen molar-refractivity contribution >= 4 is 30.7 Å². The van der Waals surface area contributed by atoms with E-state index in [0.29, 0.717) is 11.4 Å². The summed E-state index contributed by atoms with van der Waals surface area (Å²) in [6.07, 6.45) is 0. The minimum atomic E-state index is 0.480. The fourth-order valence-corrected chi connectivity index (χ4v) is 1.23. The third-order valence-corrected chi connectivity index (χ3v) is 1.88. The Hall–Kier alpha value is -1.22. The molecule has 0 aliphatic heterocycles. The molecule has 0 heterocycles. The largest absolute Gasteiger partial charge is 0.399 e. The average molecular weight is 178 g/mol. The molecular weight excluding hydrogens is 168 g/mol. The first kappa shape index (κ1) is 8.87. The summed E-state index contributed by atoms with van der Waals surface area (Å²) in [7, 11) is 0. The summed E-state index contributed by atoms with van der Waals surface area (Å²) in [5, 5.41) is 0. The van der Waals surface area contributed by atoms with Gasteiger partial charge in [0.05, 0.1) is 5.69 Å². The Morgan fingerprint density at radius 3 is 2.58 bits per heavy atom. The van der Waals surface area contributed by atoms with E-state index in [4.69, 9.17) is 5.73 Å². The molecule has 62 valence electrons. The Kier molecular flexibility index (Phi) is 2.55. The van der Waals surface area contributed by atoms with Gasteiger partial charge in [-0.05, 0) is 12.8 Å². The molecule has 0 aliphatic rings. The van der Waals surface area contributed by atoms with Gasteiger partial charge in [-0.25, -0.2) is 0 Å². The van der Waals surface area contributed by atoms with Crippen LogP contribution in [0.5, 0.6) is 0 Å². The van der Waals surface area contributed by atoms with Gasteiger partial charge in [0.1, 0.15) is 0 Å². The number of thiol groups is 1. The Balaban J connectivity index is 3.37. The molecule has 1 aromatic carbocycles. The van der Waals surface area contributed by atoms with E-state index in [9.17, 15) is 0 Å². The molecule has 1 rings (SSSR count). The number of para-hydroxylation sites is 1. The van der Waals surface area contributed by atoms with Crippen LogP contribution in [0.2, 0.25) is 0 Å². The van der Waals surface area contributed by atoms with Crippen LogP contribution in [0.3, 0.4) is 0 Å². The SMILES string of the molecule is C=Nc1c(S)cccc1C(=C)N. The van der Waals surface area contributed by atoms with E-state index in [1.807, 2.05) is 18.2 Å². The molecule has 12 heavy (non-hydrogen) atoms. The van der Waals surface area contributed by atoms with E-state index in [2.05, 4.69) is 30.9 Å². The molecule has 2 N–H and O–H groups in total. The highest BCUT2D eigenvalue weighted by molar-refractivity contribution is 7.80. The number of nitrogens with two attached hydrogens (primary N) is 1. The van der Waals surface area contributed by atoms with E-state index in [1.54, 1.807) is 0 Å². The zero-order valence-corrected chi connectivity index (χ0v) is 7.51. The van der Waals surface area contributed by atoms with Crippen LogP contribution >= 0.6 is 12.6 Å². The number of nitrogens with zero attached hydrogens (tertiary/aromatic N) is 1. The summed E-state index contributed by atoms with van der Waals surface area (Å²) < 4.78 is 0. The quantitative estimate of drug-likeness (QED) is 0.529. The molecule has 0 radical (unpaired) electrons. The molecule has 0 amide bonds. The fourth-order valence-electron chi connectivity index (χ4n) is 0.957. The van der Waals surface area contributed by atoms with Gasteiger partial charge in [0.15, 0.2) is 0 Å². The first-order chi connectivity index (χ1) is 5.66. The lowest BCUT2D eigenvalue weighted by atomic mass is 10.1. The highest BCUT2D eigenvalue weighted by Gasteiger charge is 2.03. The van der Waals surface area contributed by atoms with Crippen LogP contribution in [-0.2, 0) is 0 Å². The molecule has 0 saturated heterocycles. The van der Waals surface area contributed by atoms with Crippen molar-refractivity contribution < 1.29 is 0 Å². The third-order valence-electron chi connectivity index (χ3n) is 1.52. The topological polar surface area (TPSA) is 38.4 Å².